The average Bonchev–Trinajstić information content (AvgIpc) is 2.38. The van der Waals surface area contributed by atoms with Crippen LogP contribution in [0.3, 0.4) is 0 Å². The van der Waals surface area contributed by atoms with Gasteiger partial charge in [-0.05, 0) is 18.2 Å². The molecule has 0 radical (unpaired) electrons. The molecule has 18 heavy (non-hydrogen) atoms. The molecule has 1 unspecified atom stereocenters. The number of para-hydroxylation sites is 1. The minimum absolute atomic E-state index is 0.151. The SMILES string of the molecule is COc1ccccc1C(N)c1c(F)cccc1F. The number of benzene rings is 2. The van der Waals surface area contributed by atoms with Crippen molar-refractivity contribution in [2.75, 3.05) is 7.11 Å². The fourth-order valence-electron chi connectivity index (χ4n) is 1.89. The molecule has 0 fully saturated rings. The van der Waals surface area contributed by atoms with Gasteiger partial charge < -0.3 is 10.5 Å². The van der Waals surface area contributed by atoms with E-state index in [4.69, 9.17) is 10.5 Å². The number of nitrogens with two attached hydrogens (primary N) is 1. The van der Waals surface area contributed by atoms with Crippen LogP contribution in [0.25, 0.3) is 0 Å². The summed E-state index contributed by atoms with van der Waals surface area (Å²) in [7, 11) is 1.49. The highest BCUT2D eigenvalue weighted by atomic mass is 19.1. The average molecular weight is 249 g/mol. The third-order valence-corrected chi connectivity index (χ3v) is 2.78. The Labute approximate surface area is 104 Å². The molecule has 0 bridgehead atoms. The highest BCUT2D eigenvalue weighted by Crippen LogP contribution is 2.30. The van der Waals surface area contributed by atoms with Crippen LogP contribution in [-0.4, -0.2) is 7.11 Å². The molecule has 2 aromatic carbocycles. The van der Waals surface area contributed by atoms with Crippen LogP contribution in [0.4, 0.5) is 8.78 Å². The van der Waals surface area contributed by atoms with Gasteiger partial charge in [-0.3, -0.25) is 0 Å². The van der Waals surface area contributed by atoms with Gasteiger partial charge in [0.2, 0.25) is 0 Å². The van der Waals surface area contributed by atoms with Crippen molar-refractivity contribution >= 4 is 0 Å². The van der Waals surface area contributed by atoms with E-state index in [2.05, 4.69) is 0 Å². The van der Waals surface area contributed by atoms with Crippen molar-refractivity contribution in [2.45, 2.75) is 6.04 Å². The fraction of sp³-hybridized carbons (Fsp3) is 0.143. The van der Waals surface area contributed by atoms with Crippen molar-refractivity contribution in [3.63, 3.8) is 0 Å². The predicted octanol–water partition coefficient (Wildman–Crippen LogP) is 3.02. The molecule has 0 aromatic heterocycles. The van der Waals surface area contributed by atoms with Gasteiger partial charge >= 0.3 is 0 Å². The monoisotopic (exact) mass is 249 g/mol. The predicted molar refractivity (Wildman–Crippen MR) is 65.4 cm³/mol. The van der Waals surface area contributed by atoms with E-state index in [0.717, 1.165) is 0 Å². The van der Waals surface area contributed by atoms with Crippen molar-refractivity contribution in [3.8, 4) is 5.75 Å². The Morgan fingerprint density at radius 2 is 1.61 bits per heavy atom. The van der Waals surface area contributed by atoms with Crippen LogP contribution in [0.15, 0.2) is 42.5 Å². The van der Waals surface area contributed by atoms with Gasteiger partial charge in [-0.25, -0.2) is 8.78 Å². The number of hydrogen-bond acceptors (Lipinski definition) is 2. The molecule has 0 aliphatic heterocycles. The van der Waals surface area contributed by atoms with Crippen molar-refractivity contribution in [3.05, 3.63) is 65.2 Å². The molecule has 2 rings (SSSR count). The molecule has 0 aliphatic rings. The van der Waals surface area contributed by atoms with Gasteiger partial charge in [0.1, 0.15) is 17.4 Å². The minimum Gasteiger partial charge on any atom is -0.496 e. The summed E-state index contributed by atoms with van der Waals surface area (Å²) in [5.74, 6) is -0.811. The Morgan fingerprint density at radius 3 is 2.22 bits per heavy atom. The number of ether oxygens (including phenoxy) is 1. The summed E-state index contributed by atoms with van der Waals surface area (Å²) < 4.78 is 32.5. The summed E-state index contributed by atoms with van der Waals surface area (Å²) in [4.78, 5) is 0. The first kappa shape index (κ1) is 12.5. The smallest absolute Gasteiger partial charge is 0.131 e. The Morgan fingerprint density at radius 1 is 1.00 bits per heavy atom. The Balaban J connectivity index is 2.51. The molecule has 2 aromatic rings. The summed E-state index contributed by atoms with van der Waals surface area (Å²) in [5, 5.41) is 0. The molecule has 0 amide bonds. The number of methoxy groups -OCH3 is 1. The molecular weight excluding hydrogens is 236 g/mol. The highest BCUT2D eigenvalue weighted by molar-refractivity contribution is 5.41. The van der Waals surface area contributed by atoms with Gasteiger partial charge in [-0.2, -0.15) is 0 Å². The van der Waals surface area contributed by atoms with Crippen LogP contribution in [0, 0.1) is 11.6 Å². The number of hydrogen-bond donors (Lipinski definition) is 1. The third-order valence-electron chi connectivity index (χ3n) is 2.78. The van der Waals surface area contributed by atoms with E-state index < -0.39 is 17.7 Å². The van der Waals surface area contributed by atoms with Gasteiger partial charge in [0.15, 0.2) is 0 Å². The second-order valence-electron chi connectivity index (χ2n) is 3.85. The summed E-state index contributed by atoms with van der Waals surface area (Å²) in [6.45, 7) is 0. The Kier molecular flexibility index (Phi) is 3.58. The number of halogens is 2. The lowest BCUT2D eigenvalue weighted by Crippen LogP contribution is -2.16. The van der Waals surface area contributed by atoms with E-state index in [-0.39, 0.29) is 5.56 Å². The van der Waals surface area contributed by atoms with E-state index in [0.29, 0.717) is 11.3 Å². The lowest BCUT2D eigenvalue weighted by atomic mass is 9.98. The molecule has 0 aliphatic carbocycles. The maximum atomic E-state index is 13.7. The Hall–Kier alpha value is -1.94. The first-order valence-electron chi connectivity index (χ1n) is 5.47. The minimum atomic E-state index is -0.901. The first-order chi connectivity index (χ1) is 8.65. The molecule has 0 saturated carbocycles. The van der Waals surface area contributed by atoms with Crippen LogP contribution in [0.5, 0.6) is 5.75 Å². The van der Waals surface area contributed by atoms with Crippen molar-refractivity contribution < 1.29 is 13.5 Å². The van der Waals surface area contributed by atoms with Gasteiger partial charge in [-0.1, -0.05) is 24.3 Å². The van der Waals surface area contributed by atoms with Gasteiger partial charge in [0.25, 0.3) is 0 Å². The highest BCUT2D eigenvalue weighted by Gasteiger charge is 2.20. The summed E-state index contributed by atoms with van der Waals surface area (Å²) in [6, 6.07) is 9.69. The zero-order chi connectivity index (χ0) is 13.1. The van der Waals surface area contributed by atoms with Crippen LogP contribution >= 0.6 is 0 Å². The van der Waals surface area contributed by atoms with Crippen LogP contribution in [-0.2, 0) is 0 Å². The second kappa shape index (κ2) is 5.14. The van der Waals surface area contributed by atoms with Crippen LogP contribution < -0.4 is 10.5 Å². The zero-order valence-electron chi connectivity index (χ0n) is 9.86. The standard InChI is InChI=1S/C14H13F2NO/c1-18-12-8-3-2-5-9(12)14(17)13-10(15)6-4-7-11(13)16/h2-8,14H,17H2,1H3. The lowest BCUT2D eigenvalue weighted by Gasteiger charge is -2.17. The summed E-state index contributed by atoms with van der Waals surface area (Å²) >= 11 is 0. The van der Waals surface area contributed by atoms with Crippen LogP contribution in [0.2, 0.25) is 0 Å². The van der Waals surface area contributed by atoms with Gasteiger partial charge in [0.05, 0.1) is 13.2 Å². The molecule has 0 spiro atoms. The van der Waals surface area contributed by atoms with Crippen molar-refractivity contribution in [2.24, 2.45) is 5.73 Å². The summed E-state index contributed by atoms with van der Waals surface area (Å²) in [6.07, 6.45) is 0. The largest absolute Gasteiger partial charge is 0.496 e. The molecule has 2 nitrogen and oxygen atoms in total. The van der Waals surface area contributed by atoms with E-state index in [1.807, 2.05) is 0 Å². The fourth-order valence-corrected chi connectivity index (χ4v) is 1.89. The maximum Gasteiger partial charge on any atom is 0.131 e. The topological polar surface area (TPSA) is 35.2 Å². The van der Waals surface area contributed by atoms with E-state index in [1.54, 1.807) is 24.3 Å². The normalized spacial score (nSPS) is 12.2. The molecule has 1 atom stereocenters. The molecule has 0 heterocycles. The van der Waals surface area contributed by atoms with E-state index >= 15 is 0 Å². The quantitative estimate of drug-likeness (QED) is 0.907. The van der Waals surface area contributed by atoms with Gasteiger partial charge in [0, 0.05) is 11.1 Å². The maximum absolute atomic E-state index is 13.7. The Bertz CT molecular complexity index is 537. The molecule has 0 saturated heterocycles. The second-order valence-corrected chi connectivity index (χ2v) is 3.85. The first-order valence-corrected chi connectivity index (χ1v) is 5.47. The number of rotatable bonds is 3. The molecule has 94 valence electrons. The third kappa shape index (κ3) is 2.19. The lowest BCUT2D eigenvalue weighted by molar-refractivity contribution is 0.406. The van der Waals surface area contributed by atoms with Crippen molar-refractivity contribution in [1.29, 1.82) is 0 Å². The van der Waals surface area contributed by atoms with Crippen molar-refractivity contribution in [1.82, 2.24) is 0 Å². The van der Waals surface area contributed by atoms with E-state index in [1.165, 1.54) is 25.3 Å². The molecular formula is C14H13F2NO. The zero-order valence-corrected chi connectivity index (χ0v) is 9.86. The van der Waals surface area contributed by atoms with E-state index in [9.17, 15) is 8.78 Å². The molecule has 4 heteroatoms. The summed E-state index contributed by atoms with van der Waals surface area (Å²) in [5.41, 5.74) is 6.33. The molecule has 2 N–H and O–H groups in total. The van der Waals surface area contributed by atoms with Crippen LogP contribution in [0.1, 0.15) is 17.2 Å². The van der Waals surface area contributed by atoms with Gasteiger partial charge in [-0.15, -0.1) is 0 Å².